The summed E-state index contributed by atoms with van der Waals surface area (Å²) in [6.45, 7) is 4.64. The topological polar surface area (TPSA) is 75.8 Å². The van der Waals surface area contributed by atoms with Crippen LogP contribution in [-0.4, -0.2) is 48.3 Å². The van der Waals surface area contributed by atoms with Crippen molar-refractivity contribution in [2.24, 2.45) is 11.7 Å². The molecule has 0 radical (unpaired) electrons. The molecule has 1 aromatic carbocycles. The molecule has 0 spiro atoms. The first-order valence-corrected chi connectivity index (χ1v) is 7.22. The van der Waals surface area contributed by atoms with Gasteiger partial charge in [-0.2, -0.15) is 0 Å². The van der Waals surface area contributed by atoms with Gasteiger partial charge in [-0.15, -0.1) is 0 Å². The van der Waals surface area contributed by atoms with E-state index in [-0.39, 0.29) is 25.0 Å². The molecular formula is C16H26N2O3. The second-order valence-corrected chi connectivity index (χ2v) is 5.64. The molecule has 21 heavy (non-hydrogen) atoms. The molecule has 0 aliphatic carbocycles. The van der Waals surface area contributed by atoms with Gasteiger partial charge in [-0.25, -0.2) is 0 Å². The normalized spacial score (nSPS) is 14.0. The quantitative estimate of drug-likeness (QED) is 0.750. The first-order valence-electron chi connectivity index (χ1n) is 7.22. The van der Waals surface area contributed by atoms with Gasteiger partial charge in [-0.05, 0) is 11.5 Å². The van der Waals surface area contributed by atoms with Crippen LogP contribution < -0.4 is 5.73 Å². The van der Waals surface area contributed by atoms with Gasteiger partial charge >= 0.3 is 0 Å². The van der Waals surface area contributed by atoms with Crippen LogP contribution in [0.5, 0.6) is 0 Å². The number of carbonyl (C=O) groups excluding carboxylic acids is 1. The van der Waals surface area contributed by atoms with Crippen molar-refractivity contribution >= 4 is 5.91 Å². The van der Waals surface area contributed by atoms with E-state index < -0.39 is 12.1 Å². The Balaban J connectivity index is 2.29. The zero-order valence-corrected chi connectivity index (χ0v) is 13.0. The number of rotatable bonds is 8. The second kappa shape index (κ2) is 8.77. The Kier molecular flexibility index (Phi) is 7.36. The first-order chi connectivity index (χ1) is 9.91. The Labute approximate surface area is 126 Å². The molecule has 3 N–H and O–H groups in total. The van der Waals surface area contributed by atoms with Crippen molar-refractivity contribution in [1.82, 2.24) is 4.90 Å². The third kappa shape index (κ3) is 6.25. The number of likely N-dealkylation sites (N-methyl/N-ethyl adjacent to an activating group) is 1. The molecule has 0 heterocycles. The fourth-order valence-corrected chi connectivity index (χ4v) is 1.89. The largest absolute Gasteiger partial charge is 0.389 e. The molecule has 5 heteroatoms. The molecule has 0 aliphatic rings. The van der Waals surface area contributed by atoms with Crippen molar-refractivity contribution in [2.75, 3.05) is 20.2 Å². The fraction of sp³-hybridized carbons (Fsp3) is 0.562. The Morgan fingerprint density at radius 3 is 2.52 bits per heavy atom. The van der Waals surface area contributed by atoms with E-state index in [1.165, 1.54) is 4.90 Å². The van der Waals surface area contributed by atoms with Crippen LogP contribution in [-0.2, 0) is 16.1 Å². The number of nitrogens with zero attached hydrogens (tertiary/aromatic N) is 1. The summed E-state index contributed by atoms with van der Waals surface area (Å²) in [5.41, 5.74) is 6.86. The lowest BCUT2D eigenvalue weighted by molar-refractivity contribution is -0.134. The van der Waals surface area contributed by atoms with Gasteiger partial charge in [0.15, 0.2) is 0 Å². The van der Waals surface area contributed by atoms with Crippen molar-refractivity contribution in [2.45, 2.75) is 32.6 Å². The number of carbonyl (C=O) groups is 1. The van der Waals surface area contributed by atoms with Crippen LogP contribution in [0.3, 0.4) is 0 Å². The zero-order valence-electron chi connectivity index (χ0n) is 13.0. The predicted octanol–water partition coefficient (Wildman–Crippen LogP) is 1.01. The van der Waals surface area contributed by atoms with Crippen LogP contribution in [0.25, 0.3) is 0 Å². The minimum Gasteiger partial charge on any atom is -0.389 e. The molecular weight excluding hydrogens is 268 g/mol. The number of aliphatic hydroxyl groups excluding tert-OH is 1. The lowest BCUT2D eigenvalue weighted by atomic mass is 10.0. The number of hydrogen-bond acceptors (Lipinski definition) is 4. The molecule has 0 saturated heterocycles. The number of amides is 1. The van der Waals surface area contributed by atoms with E-state index in [9.17, 15) is 9.90 Å². The van der Waals surface area contributed by atoms with E-state index in [2.05, 4.69) is 0 Å². The van der Waals surface area contributed by atoms with Crippen LogP contribution in [0.2, 0.25) is 0 Å². The SMILES string of the molecule is CC(C)[C@H](N)C(=O)N(C)CC(O)COCc1ccccc1. The summed E-state index contributed by atoms with van der Waals surface area (Å²) in [7, 11) is 1.64. The molecule has 1 rings (SSSR count). The zero-order chi connectivity index (χ0) is 15.8. The third-order valence-electron chi connectivity index (χ3n) is 3.29. The molecule has 1 amide bonds. The van der Waals surface area contributed by atoms with Gasteiger partial charge in [-0.3, -0.25) is 4.79 Å². The van der Waals surface area contributed by atoms with Crippen LogP contribution in [0.15, 0.2) is 30.3 Å². The summed E-state index contributed by atoms with van der Waals surface area (Å²) in [6.07, 6.45) is -0.720. The number of benzene rings is 1. The van der Waals surface area contributed by atoms with Gasteiger partial charge in [0.1, 0.15) is 0 Å². The third-order valence-corrected chi connectivity index (χ3v) is 3.29. The van der Waals surface area contributed by atoms with Crippen LogP contribution in [0, 0.1) is 5.92 Å². The van der Waals surface area contributed by atoms with Gasteiger partial charge in [0, 0.05) is 13.6 Å². The summed E-state index contributed by atoms with van der Waals surface area (Å²) in [6, 6.07) is 9.21. The number of nitrogens with two attached hydrogens (primary N) is 1. The Morgan fingerprint density at radius 2 is 1.95 bits per heavy atom. The average Bonchev–Trinajstić information content (AvgIpc) is 2.46. The van der Waals surface area contributed by atoms with Crippen LogP contribution in [0.1, 0.15) is 19.4 Å². The average molecular weight is 294 g/mol. The van der Waals surface area contributed by atoms with E-state index in [1.807, 2.05) is 44.2 Å². The summed E-state index contributed by atoms with van der Waals surface area (Å²) in [4.78, 5) is 13.4. The van der Waals surface area contributed by atoms with Crippen LogP contribution >= 0.6 is 0 Å². The standard InChI is InChI=1S/C16H26N2O3/c1-12(2)15(17)16(20)18(3)9-14(19)11-21-10-13-7-5-4-6-8-13/h4-8,12,14-15,19H,9-11,17H2,1-3H3/t14?,15-/m0/s1. The van der Waals surface area contributed by atoms with E-state index in [1.54, 1.807) is 7.05 Å². The number of aliphatic hydroxyl groups is 1. The molecule has 0 saturated carbocycles. The highest BCUT2D eigenvalue weighted by atomic mass is 16.5. The highest BCUT2D eigenvalue weighted by Gasteiger charge is 2.22. The smallest absolute Gasteiger partial charge is 0.239 e. The summed E-state index contributed by atoms with van der Waals surface area (Å²) >= 11 is 0. The molecule has 5 nitrogen and oxygen atoms in total. The number of hydrogen-bond donors (Lipinski definition) is 2. The van der Waals surface area contributed by atoms with E-state index in [4.69, 9.17) is 10.5 Å². The van der Waals surface area contributed by atoms with Gasteiger partial charge < -0.3 is 20.5 Å². The van der Waals surface area contributed by atoms with Gasteiger partial charge in [0.2, 0.25) is 5.91 Å². The van der Waals surface area contributed by atoms with Crippen LogP contribution in [0.4, 0.5) is 0 Å². The maximum Gasteiger partial charge on any atom is 0.239 e. The van der Waals surface area contributed by atoms with Crippen molar-refractivity contribution in [3.8, 4) is 0 Å². The van der Waals surface area contributed by atoms with E-state index in [0.29, 0.717) is 6.61 Å². The molecule has 2 atom stereocenters. The minimum absolute atomic E-state index is 0.0754. The van der Waals surface area contributed by atoms with Gasteiger partial charge in [-0.1, -0.05) is 44.2 Å². The summed E-state index contributed by atoms with van der Waals surface area (Å²) in [5, 5.41) is 9.91. The van der Waals surface area contributed by atoms with Crippen molar-refractivity contribution in [3.05, 3.63) is 35.9 Å². The molecule has 0 aromatic heterocycles. The highest BCUT2D eigenvalue weighted by Crippen LogP contribution is 2.04. The molecule has 0 bridgehead atoms. The highest BCUT2D eigenvalue weighted by molar-refractivity contribution is 5.81. The molecule has 0 fully saturated rings. The molecule has 118 valence electrons. The predicted molar refractivity (Wildman–Crippen MR) is 82.6 cm³/mol. The summed E-state index contributed by atoms with van der Waals surface area (Å²) < 4.78 is 5.45. The Bertz CT molecular complexity index is 423. The number of ether oxygens (including phenoxy) is 1. The lowest BCUT2D eigenvalue weighted by Gasteiger charge is -2.25. The van der Waals surface area contributed by atoms with Crippen molar-refractivity contribution in [1.29, 1.82) is 0 Å². The lowest BCUT2D eigenvalue weighted by Crippen LogP contribution is -2.47. The Morgan fingerprint density at radius 1 is 1.33 bits per heavy atom. The second-order valence-electron chi connectivity index (χ2n) is 5.64. The van der Waals surface area contributed by atoms with Crippen molar-refractivity contribution in [3.63, 3.8) is 0 Å². The first kappa shape index (κ1) is 17.6. The minimum atomic E-state index is -0.720. The Hall–Kier alpha value is -1.43. The molecule has 0 aliphatic heterocycles. The van der Waals surface area contributed by atoms with Gasteiger partial charge in [0.25, 0.3) is 0 Å². The van der Waals surface area contributed by atoms with Gasteiger partial charge in [0.05, 0.1) is 25.4 Å². The molecule has 1 unspecified atom stereocenters. The van der Waals surface area contributed by atoms with Crippen molar-refractivity contribution < 1.29 is 14.6 Å². The summed E-state index contributed by atoms with van der Waals surface area (Å²) in [5.74, 6) is -0.0847. The monoisotopic (exact) mass is 294 g/mol. The fourth-order valence-electron chi connectivity index (χ4n) is 1.89. The molecule has 1 aromatic rings. The maximum atomic E-state index is 12.0. The van der Waals surface area contributed by atoms with E-state index >= 15 is 0 Å². The maximum absolute atomic E-state index is 12.0. The van der Waals surface area contributed by atoms with E-state index in [0.717, 1.165) is 5.56 Å².